The molecule has 21 heavy (non-hydrogen) atoms. The molecule has 2 aliphatic rings. The molecule has 1 N–H and O–H groups in total. The zero-order chi connectivity index (χ0) is 14.9. The number of aliphatic hydroxyl groups is 1. The second kappa shape index (κ2) is 6.10. The van der Waals surface area contributed by atoms with Crippen LogP contribution in [0.25, 0.3) is 0 Å². The van der Waals surface area contributed by atoms with Crippen LogP contribution in [0.4, 0.5) is 0 Å². The zero-order valence-electron chi connectivity index (χ0n) is 13.5. The lowest BCUT2D eigenvalue weighted by Crippen LogP contribution is -2.48. The Hall–Kier alpha value is -0.860. The highest BCUT2D eigenvalue weighted by atomic mass is 16.3. The van der Waals surface area contributed by atoms with Gasteiger partial charge in [-0.2, -0.15) is 0 Å². The van der Waals surface area contributed by atoms with Crippen LogP contribution in [0.1, 0.15) is 57.6 Å². The van der Waals surface area contributed by atoms with Gasteiger partial charge in [0.2, 0.25) is 0 Å². The fraction of sp³-hybridized carbons (Fsp3) is 0.684. The van der Waals surface area contributed by atoms with Gasteiger partial charge in [0.25, 0.3) is 0 Å². The Bertz CT molecular complexity index is 456. The summed E-state index contributed by atoms with van der Waals surface area (Å²) in [7, 11) is 0. The Morgan fingerprint density at radius 1 is 1.14 bits per heavy atom. The van der Waals surface area contributed by atoms with Crippen LogP contribution in [0.3, 0.4) is 0 Å². The summed E-state index contributed by atoms with van der Waals surface area (Å²) in [5.74, 6) is 0.920. The van der Waals surface area contributed by atoms with Gasteiger partial charge in [-0.15, -0.1) is 0 Å². The van der Waals surface area contributed by atoms with Crippen molar-refractivity contribution in [3.05, 3.63) is 35.9 Å². The van der Waals surface area contributed by atoms with Crippen LogP contribution in [0.15, 0.2) is 30.3 Å². The monoisotopic (exact) mass is 287 g/mol. The molecule has 0 amide bonds. The maximum Gasteiger partial charge on any atom is 0.0853 e. The van der Waals surface area contributed by atoms with Crippen molar-refractivity contribution in [2.24, 2.45) is 11.3 Å². The SMILES string of the molecule is CC(C)(CN1CCCC2CCCC21)C(O)c1ccccc1. The predicted octanol–water partition coefficient (Wildman–Crippen LogP) is 4.01. The molecule has 2 heteroatoms. The van der Waals surface area contributed by atoms with Crippen molar-refractivity contribution < 1.29 is 5.11 Å². The molecule has 0 bridgehead atoms. The fourth-order valence-electron chi connectivity index (χ4n) is 4.45. The molecule has 3 unspecified atom stereocenters. The van der Waals surface area contributed by atoms with Crippen molar-refractivity contribution in [1.82, 2.24) is 4.90 Å². The molecule has 0 spiro atoms. The van der Waals surface area contributed by atoms with E-state index in [0.717, 1.165) is 24.1 Å². The molecule has 1 saturated carbocycles. The second-order valence-corrected chi connectivity index (χ2v) is 7.67. The van der Waals surface area contributed by atoms with E-state index in [2.05, 4.69) is 18.7 Å². The lowest BCUT2D eigenvalue weighted by Gasteiger charge is -2.43. The normalized spacial score (nSPS) is 28.3. The predicted molar refractivity (Wildman–Crippen MR) is 87.1 cm³/mol. The summed E-state index contributed by atoms with van der Waals surface area (Å²) >= 11 is 0. The second-order valence-electron chi connectivity index (χ2n) is 7.67. The van der Waals surface area contributed by atoms with Gasteiger partial charge in [0, 0.05) is 18.0 Å². The third kappa shape index (κ3) is 3.17. The number of hydrogen-bond donors (Lipinski definition) is 1. The van der Waals surface area contributed by atoms with Crippen LogP contribution >= 0.6 is 0 Å². The van der Waals surface area contributed by atoms with Crippen molar-refractivity contribution in [3.63, 3.8) is 0 Å². The summed E-state index contributed by atoms with van der Waals surface area (Å²) in [6, 6.07) is 10.9. The largest absolute Gasteiger partial charge is 0.388 e. The van der Waals surface area contributed by atoms with Gasteiger partial charge in [0.1, 0.15) is 0 Å². The molecular formula is C19H29NO. The van der Waals surface area contributed by atoms with Crippen molar-refractivity contribution in [1.29, 1.82) is 0 Å². The molecule has 116 valence electrons. The van der Waals surface area contributed by atoms with Crippen molar-refractivity contribution in [2.45, 2.75) is 58.1 Å². The van der Waals surface area contributed by atoms with Crippen LogP contribution in [0.2, 0.25) is 0 Å². The maximum absolute atomic E-state index is 10.8. The fourth-order valence-corrected chi connectivity index (χ4v) is 4.45. The molecule has 1 saturated heterocycles. The van der Waals surface area contributed by atoms with Crippen LogP contribution in [0.5, 0.6) is 0 Å². The summed E-state index contributed by atoms with van der Waals surface area (Å²) in [6.07, 6.45) is 6.54. The molecule has 1 aliphatic carbocycles. The lowest BCUT2D eigenvalue weighted by molar-refractivity contribution is -0.00622. The van der Waals surface area contributed by atoms with Gasteiger partial charge in [-0.3, -0.25) is 4.90 Å². The van der Waals surface area contributed by atoms with E-state index in [1.165, 1.54) is 38.6 Å². The van der Waals surface area contributed by atoms with E-state index in [-0.39, 0.29) is 11.5 Å². The summed E-state index contributed by atoms with van der Waals surface area (Å²) in [4.78, 5) is 2.67. The number of fused-ring (bicyclic) bond motifs is 1. The lowest BCUT2D eigenvalue weighted by atomic mass is 9.80. The Morgan fingerprint density at radius 2 is 1.86 bits per heavy atom. The molecule has 1 aliphatic heterocycles. The van der Waals surface area contributed by atoms with Gasteiger partial charge in [0.05, 0.1) is 6.10 Å². The first-order valence-electron chi connectivity index (χ1n) is 8.55. The number of benzene rings is 1. The number of nitrogens with zero attached hydrogens (tertiary/aromatic N) is 1. The average molecular weight is 287 g/mol. The maximum atomic E-state index is 10.8. The topological polar surface area (TPSA) is 23.5 Å². The smallest absolute Gasteiger partial charge is 0.0853 e. The number of aliphatic hydroxyl groups excluding tert-OH is 1. The highest BCUT2D eigenvalue weighted by Crippen LogP contribution is 2.40. The summed E-state index contributed by atoms with van der Waals surface area (Å²) in [5.41, 5.74) is 0.939. The van der Waals surface area contributed by atoms with Crippen molar-refractivity contribution >= 4 is 0 Å². The summed E-state index contributed by atoms with van der Waals surface area (Å²) < 4.78 is 0. The van der Waals surface area contributed by atoms with Crippen molar-refractivity contribution in [3.8, 4) is 0 Å². The summed E-state index contributed by atoms with van der Waals surface area (Å²) in [5, 5.41) is 10.8. The molecule has 2 nitrogen and oxygen atoms in total. The number of likely N-dealkylation sites (tertiary alicyclic amines) is 1. The molecule has 1 aromatic rings. The van der Waals surface area contributed by atoms with E-state index in [4.69, 9.17) is 0 Å². The molecular weight excluding hydrogens is 258 g/mol. The van der Waals surface area contributed by atoms with E-state index < -0.39 is 0 Å². The van der Waals surface area contributed by atoms with E-state index in [1.54, 1.807) is 0 Å². The average Bonchev–Trinajstić information content (AvgIpc) is 2.97. The van der Waals surface area contributed by atoms with Crippen LogP contribution in [0, 0.1) is 11.3 Å². The molecule has 3 rings (SSSR count). The zero-order valence-corrected chi connectivity index (χ0v) is 13.5. The van der Waals surface area contributed by atoms with Gasteiger partial charge >= 0.3 is 0 Å². The van der Waals surface area contributed by atoms with Gasteiger partial charge in [-0.1, -0.05) is 50.6 Å². The van der Waals surface area contributed by atoms with E-state index in [1.807, 2.05) is 30.3 Å². The first-order chi connectivity index (χ1) is 10.1. The molecule has 1 heterocycles. The van der Waals surface area contributed by atoms with Crippen LogP contribution < -0.4 is 0 Å². The van der Waals surface area contributed by atoms with Gasteiger partial charge < -0.3 is 5.11 Å². The molecule has 0 radical (unpaired) electrons. The molecule has 1 aromatic carbocycles. The Morgan fingerprint density at radius 3 is 2.62 bits per heavy atom. The minimum Gasteiger partial charge on any atom is -0.388 e. The van der Waals surface area contributed by atoms with E-state index >= 15 is 0 Å². The highest BCUT2D eigenvalue weighted by molar-refractivity contribution is 5.19. The Labute approximate surface area is 129 Å². The highest BCUT2D eigenvalue weighted by Gasteiger charge is 2.39. The molecule has 3 atom stereocenters. The van der Waals surface area contributed by atoms with Crippen LogP contribution in [-0.4, -0.2) is 29.1 Å². The third-order valence-corrected chi connectivity index (χ3v) is 5.57. The van der Waals surface area contributed by atoms with Crippen LogP contribution in [-0.2, 0) is 0 Å². The third-order valence-electron chi connectivity index (χ3n) is 5.57. The number of hydrogen-bond acceptors (Lipinski definition) is 2. The van der Waals surface area contributed by atoms with E-state index in [0.29, 0.717) is 0 Å². The quantitative estimate of drug-likeness (QED) is 0.904. The Balaban J connectivity index is 1.70. The van der Waals surface area contributed by atoms with Gasteiger partial charge in [-0.25, -0.2) is 0 Å². The Kier molecular flexibility index (Phi) is 4.37. The minimum absolute atomic E-state index is 0.105. The first kappa shape index (κ1) is 15.1. The summed E-state index contributed by atoms with van der Waals surface area (Å²) in [6.45, 7) is 6.64. The molecule has 0 aromatic heterocycles. The number of piperidine rings is 1. The molecule has 2 fully saturated rings. The number of rotatable bonds is 4. The first-order valence-corrected chi connectivity index (χ1v) is 8.55. The van der Waals surface area contributed by atoms with Gasteiger partial charge in [-0.05, 0) is 43.7 Å². The minimum atomic E-state index is -0.388. The van der Waals surface area contributed by atoms with Gasteiger partial charge in [0.15, 0.2) is 0 Å². The van der Waals surface area contributed by atoms with E-state index in [9.17, 15) is 5.11 Å². The standard InChI is InChI=1S/C19H29NO/c1-19(2,18(21)16-8-4-3-5-9-16)14-20-13-7-11-15-10-6-12-17(15)20/h3-5,8-9,15,17-18,21H,6-7,10-14H2,1-2H3. The van der Waals surface area contributed by atoms with Crippen molar-refractivity contribution in [2.75, 3.05) is 13.1 Å².